The van der Waals surface area contributed by atoms with Gasteiger partial charge in [0.15, 0.2) is 0 Å². The van der Waals surface area contributed by atoms with Crippen molar-refractivity contribution in [1.82, 2.24) is 9.80 Å². The molecule has 2 N–H and O–H groups in total. The number of aliphatic carboxylic acids is 1. The minimum absolute atomic E-state index is 0.177. The van der Waals surface area contributed by atoms with Crippen LogP contribution in [0.15, 0.2) is 24.3 Å². The van der Waals surface area contributed by atoms with Crippen LogP contribution in [0.3, 0.4) is 0 Å². The molecule has 2 aliphatic rings. The molecule has 2 atom stereocenters. The number of carboxylic acid groups (broad SMARTS) is 1. The van der Waals surface area contributed by atoms with E-state index in [1.807, 2.05) is 31.2 Å². The highest BCUT2D eigenvalue weighted by molar-refractivity contribution is 5.89. The molecule has 2 aliphatic heterocycles. The topological polar surface area (TPSA) is 82.1 Å². The van der Waals surface area contributed by atoms with Gasteiger partial charge in [0.25, 0.3) is 0 Å². The van der Waals surface area contributed by atoms with Gasteiger partial charge >= 0.3 is 12.0 Å². The summed E-state index contributed by atoms with van der Waals surface area (Å²) in [4.78, 5) is 27.8. The lowest BCUT2D eigenvalue weighted by Crippen LogP contribution is -2.47. The largest absolute Gasteiger partial charge is 0.492 e. The lowest BCUT2D eigenvalue weighted by molar-refractivity contribution is -0.143. The third-order valence-corrected chi connectivity index (χ3v) is 5.53. The number of benzene rings is 1. The van der Waals surface area contributed by atoms with Gasteiger partial charge in [-0.25, -0.2) is 4.79 Å². The maximum Gasteiger partial charge on any atom is 0.321 e. The standard InChI is InChI=1S/C21H31N3O4/c1-16-13-17(20(25)26)15-24(14-16)21(27)22-18-5-7-19(8-6-18)28-12-11-23-9-3-2-4-10-23/h5-8,16-17H,2-4,9-15H2,1H3,(H,22,27)(H,25,26). The van der Waals surface area contributed by atoms with Crippen molar-refractivity contribution in [3.63, 3.8) is 0 Å². The Balaban J connectivity index is 1.45. The molecule has 154 valence electrons. The number of nitrogens with zero attached hydrogens (tertiary/aromatic N) is 2. The average Bonchev–Trinajstić information content (AvgIpc) is 2.69. The van der Waals surface area contributed by atoms with Crippen molar-refractivity contribution < 1.29 is 19.4 Å². The number of rotatable bonds is 6. The summed E-state index contributed by atoms with van der Waals surface area (Å²) in [6.07, 6.45) is 4.50. The number of anilines is 1. The zero-order valence-corrected chi connectivity index (χ0v) is 16.6. The van der Waals surface area contributed by atoms with E-state index in [9.17, 15) is 14.7 Å². The third-order valence-electron chi connectivity index (χ3n) is 5.53. The maximum absolute atomic E-state index is 12.5. The van der Waals surface area contributed by atoms with Gasteiger partial charge in [-0.2, -0.15) is 0 Å². The van der Waals surface area contributed by atoms with Crippen molar-refractivity contribution in [2.45, 2.75) is 32.6 Å². The Morgan fingerprint density at radius 1 is 1.14 bits per heavy atom. The summed E-state index contributed by atoms with van der Waals surface area (Å²) in [6, 6.07) is 7.08. The fourth-order valence-corrected chi connectivity index (χ4v) is 4.01. The molecule has 2 heterocycles. The molecule has 2 fully saturated rings. The maximum atomic E-state index is 12.5. The van der Waals surface area contributed by atoms with Crippen LogP contribution in [-0.2, 0) is 4.79 Å². The van der Waals surface area contributed by atoms with Gasteiger partial charge in [-0.1, -0.05) is 13.3 Å². The SMILES string of the molecule is CC1CC(C(=O)O)CN(C(=O)Nc2ccc(OCCN3CCCCC3)cc2)C1. The van der Waals surface area contributed by atoms with Crippen LogP contribution in [0.4, 0.5) is 10.5 Å². The Hall–Kier alpha value is -2.28. The van der Waals surface area contributed by atoms with Crippen LogP contribution in [-0.4, -0.2) is 66.2 Å². The van der Waals surface area contributed by atoms with E-state index >= 15 is 0 Å². The molecule has 0 saturated carbocycles. The average molecular weight is 389 g/mol. The number of urea groups is 1. The number of ether oxygens (including phenoxy) is 1. The number of hydrogen-bond acceptors (Lipinski definition) is 4. The summed E-state index contributed by atoms with van der Waals surface area (Å²) in [6.45, 7) is 6.73. The second-order valence-electron chi connectivity index (χ2n) is 7.99. The molecular formula is C21H31N3O4. The molecule has 3 rings (SSSR count). The highest BCUT2D eigenvalue weighted by atomic mass is 16.5. The molecular weight excluding hydrogens is 358 g/mol. The van der Waals surface area contributed by atoms with Gasteiger partial charge in [-0.3, -0.25) is 9.69 Å². The molecule has 28 heavy (non-hydrogen) atoms. The first-order chi connectivity index (χ1) is 13.5. The van der Waals surface area contributed by atoms with Gasteiger partial charge in [0.05, 0.1) is 5.92 Å². The first-order valence-corrected chi connectivity index (χ1v) is 10.2. The molecule has 2 amide bonds. The highest BCUT2D eigenvalue weighted by Crippen LogP contribution is 2.23. The van der Waals surface area contributed by atoms with E-state index in [1.165, 1.54) is 19.3 Å². The van der Waals surface area contributed by atoms with Crippen molar-refractivity contribution in [1.29, 1.82) is 0 Å². The molecule has 7 heteroatoms. The minimum atomic E-state index is -0.838. The molecule has 7 nitrogen and oxygen atoms in total. The van der Waals surface area contributed by atoms with Gasteiger partial charge < -0.3 is 20.1 Å². The minimum Gasteiger partial charge on any atom is -0.492 e. The number of carbonyl (C=O) groups excluding carboxylic acids is 1. The number of nitrogens with one attached hydrogen (secondary N) is 1. The Labute approximate surface area is 166 Å². The molecule has 1 aromatic carbocycles. The quantitative estimate of drug-likeness (QED) is 0.781. The Morgan fingerprint density at radius 3 is 2.54 bits per heavy atom. The van der Waals surface area contributed by atoms with Crippen LogP contribution in [0.1, 0.15) is 32.6 Å². The van der Waals surface area contributed by atoms with Crippen molar-refractivity contribution >= 4 is 17.7 Å². The summed E-state index contributed by atoms with van der Waals surface area (Å²) in [5, 5.41) is 12.1. The van der Waals surface area contributed by atoms with Crippen LogP contribution in [0, 0.1) is 11.8 Å². The second kappa shape index (κ2) is 9.78. The van der Waals surface area contributed by atoms with E-state index < -0.39 is 11.9 Å². The van der Waals surface area contributed by atoms with Gasteiger partial charge in [-0.15, -0.1) is 0 Å². The monoisotopic (exact) mass is 389 g/mol. The van der Waals surface area contributed by atoms with E-state index in [1.54, 1.807) is 4.90 Å². The second-order valence-corrected chi connectivity index (χ2v) is 7.99. The van der Waals surface area contributed by atoms with Crippen LogP contribution >= 0.6 is 0 Å². The smallest absolute Gasteiger partial charge is 0.321 e. The van der Waals surface area contributed by atoms with E-state index in [0.29, 0.717) is 25.3 Å². The number of hydrogen-bond donors (Lipinski definition) is 2. The lowest BCUT2D eigenvalue weighted by Gasteiger charge is -2.34. The zero-order chi connectivity index (χ0) is 19.9. The van der Waals surface area contributed by atoms with Gasteiger partial charge in [-0.05, 0) is 62.5 Å². The summed E-state index contributed by atoms with van der Waals surface area (Å²) >= 11 is 0. The number of carboxylic acids is 1. The van der Waals surface area contributed by atoms with E-state index in [0.717, 1.165) is 25.4 Å². The number of piperidine rings is 2. The predicted molar refractivity (Wildman–Crippen MR) is 108 cm³/mol. The first kappa shape index (κ1) is 20.5. The molecule has 0 aromatic heterocycles. The van der Waals surface area contributed by atoms with Crippen LogP contribution in [0.5, 0.6) is 5.75 Å². The zero-order valence-electron chi connectivity index (χ0n) is 16.6. The molecule has 0 radical (unpaired) electrons. The van der Waals surface area contributed by atoms with Crippen LogP contribution in [0.2, 0.25) is 0 Å². The van der Waals surface area contributed by atoms with Crippen LogP contribution in [0.25, 0.3) is 0 Å². The molecule has 2 saturated heterocycles. The fourth-order valence-electron chi connectivity index (χ4n) is 4.01. The molecule has 0 bridgehead atoms. The third kappa shape index (κ3) is 5.86. The summed E-state index contributed by atoms with van der Waals surface area (Å²) in [5.41, 5.74) is 0.679. The fraction of sp³-hybridized carbons (Fsp3) is 0.619. The van der Waals surface area contributed by atoms with Gasteiger partial charge in [0.1, 0.15) is 12.4 Å². The number of carbonyl (C=O) groups is 2. The Kier molecular flexibility index (Phi) is 7.14. The molecule has 0 spiro atoms. The highest BCUT2D eigenvalue weighted by Gasteiger charge is 2.31. The summed E-state index contributed by atoms with van der Waals surface area (Å²) in [5.74, 6) is -0.371. The van der Waals surface area contributed by atoms with E-state index in [-0.39, 0.29) is 18.5 Å². The summed E-state index contributed by atoms with van der Waals surface area (Å²) in [7, 11) is 0. The Bertz CT molecular complexity index is 658. The summed E-state index contributed by atoms with van der Waals surface area (Å²) < 4.78 is 5.81. The Morgan fingerprint density at radius 2 is 1.86 bits per heavy atom. The van der Waals surface area contributed by atoms with Crippen LogP contribution < -0.4 is 10.1 Å². The van der Waals surface area contributed by atoms with Gasteiger partial charge in [0.2, 0.25) is 0 Å². The van der Waals surface area contributed by atoms with Crippen molar-refractivity contribution in [2.75, 3.05) is 44.6 Å². The van der Waals surface area contributed by atoms with Crippen molar-refractivity contribution in [2.24, 2.45) is 11.8 Å². The number of amides is 2. The van der Waals surface area contributed by atoms with E-state index in [4.69, 9.17) is 4.74 Å². The lowest BCUT2D eigenvalue weighted by atomic mass is 9.91. The van der Waals surface area contributed by atoms with E-state index in [2.05, 4.69) is 10.2 Å². The number of likely N-dealkylation sites (tertiary alicyclic amines) is 2. The normalized spacial score (nSPS) is 23.2. The van der Waals surface area contributed by atoms with Crippen molar-refractivity contribution in [3.05, 3.63) is 24.3 Å². The predicted octanol–water partition coefficient (Wildman–Crippen LogP) is 3.13. The molecule has 1 aromatic rings. The van der Waals surface area contributed by atoms with Crippen molar-refractivity contribution in [3.8, 4) is 5.75 Å². The first-order valence-electron chi connectivity index (χ1n) is 10.2. The van der Waals surface area contributed by atoms with Gasteiger partial charge in [0, 0.05) is 25.3 Å². The molecule has 2 unspecified atom stereocenters. The molecule has 0 aliphatic carbocycles.